The predicted octanol–water partition coefficient (Wildman–Crippen LogP) is 2.65. The second-order valence-corrected chi connectivity index (χ2v) is 5.71. The molecule has 0 unspecified atom stereocenters. The van der Waals surface area contributed by atoms with Crippen LogP contribution < -0.4 is 5.32 Å². The van der Waals surface area contributed by atoms with Crippen LogP contribution in [0.4, 0.5) is 0 Å². The van der Waals surface area contributed by atoms with Gasteiger partial charge in [-0.3, -0.25) is 4.79 Å². The average molecular weight is 338 g/mol. The maximum absolute atomic E-state index is 12.3. The molecule has 25 heavy (non-hydrogen) atoms. The summed E-state index contributed by atoms with van der Waals surface area (Å²) in [6.07, 6.45) is 0.316. The quantitative estimate of drug-likeness (QED) is 0.723. The summed E-state index contributed by atoms with van der Waals surface area (Å²) in [7, 11) is 1.30. The molecule has 0 aliphatic rings. The van der Waals surface area contributed by atoms with Crippen molar-refractivity contribution in [2.45, 2.75) is 19.4 Å². The van der Waals surface area contributed by atoms with Gasteiger partial charge in [-0.25, -0.2) is 4.79 Å². The number of hydrogen-bond donors (Lipinski definition) is 1. The van der Waals surface area contributed by atoms with Gasteiger partial charge in [0.2, 0.25) is 0 Å². The number of nitrogens with one attached hydrogen (secondary N) is 1. The lowest BCUT2D eigenvalue weighted by molar-refractivity contribution is -0.142. The number of hydrogen-bond acceptors (Lipinski definition) is 5. The summed E-state index contributed by atoms with van der Waals surface area (Å²) >= 11 is 0. The van der Waals surface area contributed by atoms with Crippen LogP contribution in [0.25, 0.3) is 10.8 Å². The van der Waals surface area contributed by atoms with E-state index in [-0.39, 0.29) is 5.69 Å². The Morgan fingerprint density at radius 2 is 1.96 bits per heavy atom. The minimum Gasteiger partial charge on any atom is -0.467 e. The molecule has 0 spiro atoms. The van der Waals surface area contributed by atoms with Crippen LogP contribution in [0.2, 0.25) is 0 Å². The fourth-order valence-electron chi connectivity index (χ4n) is 2.73. The molecular weight excluding hydrogens is 320 g/mol. The van der Waals surface area contributed by atoms with E-state index >= 15 is 0 Å². The van der Waals surface area contributed by atoms with Gasteiger partial charge in [-0.2, -0.15) is 0 Å². The zero-order chi connectivity index (χ0) is 17.8. The van der Waals surface area contributed by atoms with Crippen molar-refractivity contribution in [1.82, 2.24) is 10.5 Å². The van der Waals surface area contributed by atoms with Crippen molar-refractivity contribution in [2.24, 2.45) is 0 Å². The second-order valence-electron chi connectivity index (χ2n) is 5.71. The first-order valence-electron chi connectivity index (χ1n) is 7.87. The molecule has 0 fully saturated rings. The van der Waals surface area contributed by atoms with Gasteiger partial charge in [-0.1, -0.05) is 47.6 Å². The van der Waals surface area contributed by atoms with Crippen molar-refractivity contribution in [1.29, 1.82) is 0 Å². The van der Waals surface area contributed by atoms with Crippen molar-refractivity contribution in [3.63, 3.8) is 0 Å². The maximum atomic E-state index is 12.3. The third-order valence-electron chi connectivity index (χ3n) is 3.96. The first-order chi connectivity index (χ1) is 12.1. The number of fused-ring (bicyclic) bond motifs is 1. The summed E-state index contributed by atoms with van der Waals surface area (Å²) in [6.45, 7) is 1.69. The molecule has 6 nitrogen and oxygen atoms in total. The molecule has 0 aliphatic carbocycles. The standard InChI is InChI=1S/C19H18N2O4/c1-12-10-16(21-25-12)18(22)20-17(19(23)24-2)11-14-8-5-7-13-6-3-4-9-15(13)14/h3-10,17H,11H2,1-2H3,(H,20,22)/t17-/m0/s1. The van der Waals surface area contributed by atoms with E-state index in [1.165, 1.54) is 13.2 Å². The highest BCUT2D eigenvalue weighted by Gasteiger charge is 2.24. The normalized spacial score (nSPS) is 11.9. The molecule has 3 rings (SSSR count). The zero-order valence-corrected chi connectivity index (χ0v) is 14.0. The Kier molecular flexibility index (Phi) is 4.79. The van der Waals surface area contributed by atoms with Gasteiger partial charge in [0.15, 0.2) is 5.69 Å². The number of aryl methyl sites for hydroxylation is 1. The van der Waals surface area contributed by atoms with Crippen LogP contribution in [0, 0.1) is 6.92 Å². The lowest BCUT2D eigenvalue weighted by Crippen LogP contribution is -2.43. The summed E-state index contributed by atoms with van der Waals surface area (Å²) in [5, 5.41) is 8.45. The van der Waals surface area contributed by atoms with Gasteiger partial charge in [0.1, 0.15) is 11.8 Å². The summed E-state index contributed by atoms with van der Waals surface area (Å²) in [6, 6.07) is 14.4. The molecule has 0 aliphatic heterocycles. The Morgan fingerprint density at radius 3 is 2.68 bits per heavy atom. The molecule has 0 saturated heterocycles. The lowest BCUT2D eigenvalue weighted by atomic mass is 9.98. The number of carbonyl (C=O) groups is 2. The third kappa shape index (κ3) is 3.68. The second kappa shape index (κ2) is 7.17. The maximum Gasteiger partial charge on any atom is 0.328 e. The van der Waals surface area contributed by atoms with E-state index in [1.54, 1.807) is 6.92 Å². The highest BCUT2D eigenvalue weighted by atomic mass is 16.5. The molecule has 0 radical (unpaired) electrons. The Labute approximate surface area is 144 Å². The SMILES string of the molecule is COC(=O)[C@H](Cc1cccc2ccccc12)NC(=O)c1cc(C)on1. The molecule has 1 amide bonds. The van der Waals surface area contributed by atoms with Gasteiger partial charge < -0.3 is 14.6 Å². The van der Waals surface area contributed by atoms with Crippen molar-refractivity contribution >= 4 is 22.6 Å². The Morgan fingerprint density at radius 1 is 1.20 bits per heavy atom. The van der Waals surface area contributed by atoms with Gasteiger partial charge in [-0.15, -0.1) is 0 Å². The number of aromatic nitrogens is 1. The minimum atomic E-state index is -0.819. The number of amides is 1. The molecule has 1 atom stereocenters. The van der Waals surface area contributed by atoms with Crippen LogP contribution >= 0.6 is 0 Å². The average Bonchev–Trinajstić information content (AvgIpc) is 3.07. The smallest absolute Gasteiger partial charge is 0.328 e. The van der Waals surface area contributed by atoms with Crippen molar-refractivity contribution in [3.05, 3.63) is 65.5 Å². The molecule has 0 saturated carbocycles. The summed E-state index contributed by atoms with van der Waals surface area (Å²) < 4.78 is 9.74. The number of rotatable bonds is 5. The highest BCUT2D eigenvalue weighted by Crippen LogP contribution is 2.20. The predicted molar refractivity (Wildman–Crippen MR) is 92.2 cm³/mol. The number of nitrogens with zero attached hydrogens (tertiary/aromatic N) is 1. The van der Waals surface area contributed by atoms with E-state index in [0.29, 0.717) is 12.2 Å². The van der Waals surface area contributed by atoms with Gasteiger partial charge in [0.25, 0.3) is 5.91 Å². The van der Waals surface area contributed by atoms with E-state index in [1.807, 2.05) is 42.5 Å². The monoisotopic (exact) mass is 338 g/mol. The molecule has 2 aromatic carbocycles. The molecule has 3 aromatic rings. The van der Waals surface area contributed by atoms with E-state index in [2.05, 4.69) is 10.5 Å². The molecule has 6 heteroatoms. The van der Waals surface area contributed by atoms with Gasteiger partial charge >= 0.3 is 5.97 Å². The molecule has 128 valence electrons. The van der Waals surface area contributed by atoms with E-state index in [9.17, 15) is 9.59 Å². The summed E-state index contributed by atoms with van der Waals surface area (Å²) in [5.41, 5.74) is 1.08. The molecule has 1 heterocycles. The van der Waals surface area contributed by atoms with E-state index in [0.717, 1.165) is 16.3 Å². The number of methoxy groups -OCH3 is 1. The minimum absolute atomic E-state index is 0.129. The number of carbonyl (C=O) groups excluding carboxylic acids is 2. The van der Waals surface area contributed by atoms with Gasteiger partial charge in [0.05, 0.1) is 7.11 Å². The molecule has 1 aromatic heterocycles. The van der Waals surface area contributed by atoms with E-state index < -0.39 is 17.9 Å². The zero-order valence-electron chi connectivity index (χ0n) is 14.0. The van der Waals surface area contributed by atoms with Crippen LogP contribution in [0.15, 0.2) is 53.1 Å². The van der Waals surface area contributed by atoms with Crippen molar-refractivity contribution in [3.8, 4) is 0 Å². The van der Waals surface area contributed by atoms with Crippen LogP contribution in [-0.4, -0.2) is 30.2 Å². The molecular formula is C19H18N2O4. The summed E-state index contributed by atoms with van der Waals surface area (Å²) in [4.78, 5) is 24.4. The molecule has 0 bridgehead atoms. The fraction of sp³-hybridized carbons (Fsp3) is 0.211. The Hall–Kier alpha value is -3.15. The Balaban J connectivity index is 1.86. The number of ether oxygens (including phenoxy) is 1. The van der Waals surface area contributed by atoms with Crippen LogP contribution in [0.3, 0.4) is 0 Å². The summed E-state index contributed by atoms with van der Waals surface area (Å²) in [5.74, 6) is -0.470. The van der Waals surface area contributed by atoms with E-state index in [4.69, 9.17) is 9.26 Å². The van der Waals surface area contributed by atoms with Gasteiger partial charge in [-0.05, 0) is 23.3 Å². The number of esters is 1. The van der Waals surface area contributed by atoms with Crippen molar-refractivity contribution < 1.29 is 18.8 Å². The van der Waals surface area contributed by atoms with Crippen LogP contribution in [-0.2, 0) is 16.0 Å². The number of benzene rings is 2. The third-order valence-corrected chi connectivity index (χ3v) is 3.96. The molecule has 1 N–H and O–H groups in total. The first kappa shape index (κ1) is 16.7. The van der Waals surface area contributed by atoms with Gasteiger partial charge in [0, 0.05) is 12.5 Å². The topological polar surface area (TPSA) is 81.4 Å². The lowest BCUT2D eigenvalue weighted by Gasteiger charge is -2.17. The van der Waals surface area contributed by atoms with Crippen molar-refractivity contribution in [2.75, 3.05) is 7.11 Å². The van der Waals surface area contributed by atoms with Crippen LogP contribution in [0.5, 0.6) is 0 Å². The largest absolute Gasteiger partial charge is 0.467 e. The van der Waals surface area contributed by atoms with Crippen LogP contribution in [0.1, 0.15) is 21.8 Å². The fourth-order valence-corrected chi connectivity index (χ4v) is 2.73. The Bertz CT molecular complexity index is 911. The highest BCUT2D eigenvalue weighted by molar-refractivity contribution is 5.95. The first-order valence-corrected chi connectivity index (χ1v) is 7.87.